The van der Waals surface area contributed by atoms with Crippen molar-refractivity contribution in [3.8, 4) is 23.0 Å². The number of aromatic nitrogens is 2. The van der Waals surface area contributed by atoms with Gasteiger partial charge >= 0.3 is 0 Å². The van der Waals surface area contributed by atoms with Gasteiger partial charge in [0.2, 0.25) is 0 Å². The van der Waals surface area contributed by atoms with Crippen LogP contribution in [0.15, 0.2) is 60.8 Å². The van der Waals surface area contributed by atoms with Crippen LogP contribution in [-0.4, -0.2) is 9.78 Å². The van der Waals surface area contributed by atoms with Crippen LogP contribution in [0.25, 0.3) is 16.9 Å². The molecule has 20 heavy (non-hydrogen) atoms. The maximum Gasteiger partial charge on any atom is 0.103 e. The minimum Gasteiger partial charge on any atom is -0.232 e. The molecular weight excluding hydrogens is 270 g/mol. The molecule has 3 nitrogen and oxygen atoms in total. The first-order valence-corrected chi connectivity index (χ1v) is 6.47. The van der Waals surface area contributed by atoms with Crippen LogP contribution >= 0.6 is 11.6 Å². The molecule has 0 bridgehead atoms. The van der Waals surface area contributed by atoms with Gasteiger partial charge in [-0.3, -0.25) is 0 Å². The lowest BCUT2D eigenvalue weighted by atomic mass is 10.1. The zero-order valence-corrected chi connectivity index (χ0v) is 11.2. The summed E-state index contributed by atoms with van der Waals surface area (Å²) in [5.74, 6) is 0. The highest BCUT2D eigenvalue weighted by Gasteiger charge is 2.13. The Kier molecular flexibility index (Phi) is 3.24. The average Bonchev–Trinajstić information content (AvgIpc) is 2.93. The second-order valence-electron chi connectivity index (χ2n) is 4.27. The van der Waals surface area contributed by atoms with Crippen LogP contribution in [0.3, 0.4) is 0 Å². The lowest BCUT2D eigenvalue weighted by Gasteiger charge is -2.08. The average molecular weight is 280 g/mol. The Balaban J connectivity index is 2.21. The number of halogens is 1. The minimum absolute atomic E-state index is 0.547. The maximum absolute atomic E-state index is 9.26. The van der Waals surface area contributed by atoms with Crippen molar-refractivity contribution < 1.29 is 0 Å². The highest BCUT2D eigenvalue weighted by Crippen LogP contribution is 2.26. The fourth-order valence-electron chi connectivity index (χ4n) is 2.08. The molecule has 0 aliphatic heterocycles. The van der Waals surface area contributed by atoms with Crippen LogP contribution in [0.5, 0.6) is 0 Å². The topological polar surface area (TPSA) is 41.6 Å². The molecule has 0 fully saturated rings. The van der Waals surface area contributed by atoms with E-state index >= 15 is 0 Å². The van der Waals surface area contributed by atoms with Gasteiger partial charge in [0.25, 0.3) is 0 Å². The molecule has 0 amide bonds. The molecule has 3 rings (SSSR count). The van der Waals surface area contributed by atoms with E-state index in [2.05, 4.69) is 11.2 Å². The normalized spacial score (nSPS) is 10.2. The van der Waals surface area contributed by atoms with E-state index in [9.17, 15) is 5.26 Å². The van der Waals surface area contributed by atoms with E-state index in [1.807, 2.05) is 42.5 Å². The monoisotopic (exact) mass is 279 g/mol. The lowest BCUT2D eigenvalue weighted by molar-refractivity contribution is 0.888. The van der Waals surface area contributed by atoms with Crippen molar-refractivity contribution >= 4 is 11.6 Å². The molecular formula is C16H10ClN3. The van der Waals surface area contributed by atoms with Gasteiger partial charge in [-0.2, -0.15) is 10.4 Å². The number of hydrogen-bond acceptors (Lipinski definition) is 2. The van der Waals surface area contributed by atoms with E-state index < -0.39 is 0 Å². The molecule has 1 aromatic heterocycles. The molecule has 2 aromatic carbocycles. The molecule has 0 aliphatic carbocycles. The third-order valence-electron chi connectivity index (χ3n) is 3.01. The molecule has 0 atom stereocenters. The van der Waals surface area contributed by atoms with Gasteiger partial charge in [-0.1, -0.05) is 41.9 Å². The number of hydrogen-bond donors (Lipinski definition) is 0. The molecule has 0 saturated carbocycles. The van der Waals surface area contributed by atoms with Gasteiger partial charge < -0.3 is 0 Å². The second-order valence-corrected chi connectivity index (χ2v) is 4.71. The summed E-state index contributed by atoms with van der Waals surface area (Å²) in [7, 11) is 0. The second kappa shape index (κ2) is 5.20. The Labute approximate surface area is 121 Å². The zero-order valence-electron chi connectivity index (χ0n) is 10.5. The van der Waals surface area contributed by atoms with Gasteiger partial charge in [0.15, 0.2) is 0 Å². The molecule has 0 N–H and O–H groups in total. The summed E-state index contributed by atoms with van der Waals surface area (Å²) >= 11 is 5.91. The highest BCUT2D eigenvalue weighted by atomic mass is 35.5. The molecule has 4 heteroatoms. The predicted molar refractivity (Wildman–Crippen MR) is 78.7 cm³/mol. The summed E-state index contributed by atoms with van der Waals surface area (Å²) in [6.07, 6.45) is 1.58. The van der Waals surface area contributed by atoms with Gasteiger partial charge in [-0.15, -0.1) is 0 Å². The summed E-state index contributed by atoms with van der Waals surface area (Å²) in [6.45, 7) is 0. The van der Waals surface area contributed by atoms with Gasteiger partial charge in [0.1, 0.15) is 6.07 Å². The van der Waals surface area contributed by atoms with Crippen LogP contribution in [0.1, 0.15) is 5.56 Å². The van der Waals surface area contributed by atoms with Crippen LogP contribution in [0.2, 0.25) is 5.02 Å². The Bertz CT molecular complexity index is 768. The van der Waals surface area contributed by atoms with Gasteiger partial charge in [0, 0.05) is 10.6 Å². The first-order valence-electron chi connectivity index (χ1n) is 6.09. The standard InChI is InChI=1S/C16H10ClN3/c17-14-6-8-15(9-7-14)20-16(13(10-18)11-19-20)12-4-2-1-3-5-12/h1-9,11H. The Hall–Kier alpha value is -2.57. The summed E-state index contributed by atoms with van der Waals surface area (Å²) in [5.41, 5.74) is 3.16. The largest absolute Gasteiger partial charge is 0.232 e. The van der Waals surface area contributed by atoms with Crippen LogP contribution < -0.4 is 0 Å². The summed E-state index contributed by atoms with van der Waals surface area (Å²) in [6, 6.07) is 19.3. The molecule has 0 saturated heterocycles. The van der Waals surface area contributed by atoms with Crippen molar-refractivity contribution in [2.24, 2.45) is 0 Å². The Morgan fingerprint density at radius 1 is 1.00 bits per heavy atom. The number of benzene rings is 2. The zero-order chi connectivity index (χ0) is 13.9. The molecule has 0 spiro atoms. The lowest BCUT2D eigenvalue weighted by Crippen LogP contribution is -1.99. The molecule has 0 aliphatic rings. The van der Waals surface area contributed by atoms with E-state index in [0.717, 1.165) is 16.9 Å². The Morgan fingerprint density at radius 3 is 2.35 bits per heavy atom. The van der Waals surface area contributed by atoms with Crippen molar-refractivity contribution in [1.29, 1.82) is 5.26 Å². The number of nitrogens with zero attached hydrogens (tertiary/aromatic N) is 3. The third kappa shape index (κ3) is 2.18. The number of rotatable bonds is 2. The van der Waals surface area contributed by atoms with E-state index in [4.69, 9.17) is 11.6 Å². The minimum atomic E-state index is 0.547. The van der Waals surface area contributed by atoms with Crippen molar-refractivity contribution in [1.82, 2.24) is 9.78 Å². The fourth-order valence-corrected chi connectivity index (χ4v) is 2.21. The van der Waals surface area contributed by atoms with E-state index in [0.29, 0.717) is 10.6 Å². The molecule has 96 valence electrons. The van der Waals surface area contributed by atoms with Crippen LogP contribution in [-0.2, 0) is 0 Å². The highest BCUT2D eigenvalue weighted by molar-refractivity contribution is 6.30. The summed E-state index contributed by atoms with van der Waals surface area (Å²) in [5, 5.41) is 14.2. The van der Waals surface area contributed by atoms with Crippen molar-refractivity contribution in [3.05, 3.63) is 71.4 Å². The number of nitriles is 1. The Morgan fingerprint density at radius 2 is 1.70 bits per heavy atom. The van der Waals surface area contributed by atoms with Crippen molar-refractivity contribution in [2.45, 2.75) is 0 Å². The van der Waals surface area contributed by atoms with E-state index in [1.54, 1.807) is 23.0 Å². The summed E-state index contributed by atoms with van der Waals surface area (Å²) in [4.78, 5) is 0. The molecule has 0 radical (unpaired) electrons. The smallest absolute Gasteiger partial charge is 0.103 e. The molecule has 3 aromatic rings. The van der Waals surface area contributed by atoms with Crippen molar-refractivity contribution in [2.75, 3.05) is 0 Å². The predicted octanol–water partition coefficient (Wildman–Crippen LogP) is 4.06. The maximum atomic E-state index is 9.26. The van der Waals surface area contributed by atoms with Gasteiger partial charge in [0.05, 0.1) is 23.1 Å². The first-order chi connectivity index (χ1) is 9.79. The molecule has 1 heterocycles. The van der Waals surface area contributed by atoms with Crippen LogP contribution in [0.4, 0.5) is 0 Å². The van der Waals surface area contributed by atoms with Gasteiger partial charge in [-0.05, 0) is 24.3 Å². The summed E-state index contributed by atoms with van der Waals surface area (Å²) < 4.78 is 1.75. The van der Waals surface area contributed by atoms with E-state index in [1.165, 1.54) is 0 Å². The quantitative estimate of drug-likeness (QED) is 0.710. The molecule has 0 unspecified atom stereocenters. The van der Waals surface area contributed by atoms with Crippen LogP contribution in [0, 0.1) is 11.3 Å². The first kappa shape index (κ1) is 12.5. The van der Waals surface area contributed by atoms with Gasteiger partial charge in [-0.25, -0.2) is 4.68 Å². The SMILES string of the molecule is N#Cc1cnn(-c2ccc(Cl)cc2)c1-c1ccccc1. The fraction of sp³-hybridized carbons (Fsp3) is 0. The third-order valence-corrected chi connectivity index (χ3v) is 3.26. The van der Waals surface area contributed by atoms with E-state index in [-0.39, 0.29) is 0 Å². The van der Waals surface area contributed by atoms with Crippen molar-refractivity contribution in [3.63, 3.8) is 0 Å².